The number of nitrogens with zero attached hydrogens (tertiary/aromatic N) is 1. The summed E-state index contributed by atoms with van der Waals surface area (Å²) in [4.78, 5) is 49.7. The van der Waals surface area contributed by atoms with E-state index in [1.165, 1.54) is 0 Å². The molecule has 1 aromatic rings. The number of benzene rings is 1. The van der Waals surface area contributed by atoms with Gasteiger partial charge in [-0.25, -0.2) is 9.59 Å². The zero-order valence-electron chi connectivity index (χ0n) is 17.9. The van der Waals surface area contributed by atoms with E-state index in [1.54, 1.807) is 14.0 Å². The second-order valence-corrected chi connectivity index (χ2v) is 7.99. The Morgan fingerprint density at radius 1 is 1.20 bits per heavy atom. The van der Waals surface area contributed by atoms with Gasteiger partial charge in [0, 0.05) is 6.54 Å². The first-order valence-corrected chi connectivity index (χ1v) is 9.99. The summed E-state index contributed by atoms with van der Waals surface area (Å²) in [5.41, 5.74) is -0.120. The second-order valence-electron chi connectivity index (χ2n) is 7.99. The number of rotatable bonds is 9. The molecule has 1 heterocycles. The molecule has 0 unspecified atom stereocenters. The molecule has 0 bridgehead atoms. The summed E-state index contributed by atoms with van der Waals surface area (Å²) in [6.45, 7) is 5.60. The molecule has 0 spiro atoms. The van der Waals surface area contributed by atoms with Gasteiger partial charge < -0.3 is 15.4 Å². The lowest BCUT2D eigenvalue weighted by Crippen LogP contribution is -2.47. The van der Waals surface area contributed by atoms with Gasteiger partial charge in [-0.2, -0.15) is 0 Å². The van der Waals surface area contributed by atoms with Gasteiger partial charge in [-0.1, -0.05) is 26.0 Å². The van der Waals surface area contributed by atoms with Crippen LogP contribution in [0.15, 0.2) is 24.3 Å². The smallest absolute Gasteiger partial charge is 0.325 e. The summed E-state index contributed by atoms with van der Waals surface area (Å²) in [6, 6.07) is 6.16. The van der Waals surface area contributed by atoms with Crippen LogP contribution in [-0.2, 0) is 16.0 Å². The number of aryl methyl sites for hydroxylation is 1. The number of ether oxygens (including phenoxy) is 1. The zero-order chi connectivity index (χ0) is 22.3. The van der Waals surface area contributed by atoms with Crippen molar-refractivity contribution in [2.75, 3.05) is 20.2 Å². The van der Waals surface area contributed by atoms with Gasteiger partial charge in [0.15, 0.2) is 0 Å². The number of hydrogen-bond acceptors (Lipinski definition) is 5. The van der Waals surface area contributed by atoms with Gasteiger partial charge in [-0.3, -0.25) is 19.8 Å². The Morgan fingerprint density at radius 2 is 1.87 bits per heavy atom. The van der Waals surface area contributed by atoms with E-state index in [2.05, 4.69) is 16.0 Å². The van der Waals surface area contributed by atoms with Crippen LogP contribution in [0.3, 0.4) is 0 Å². The fraction of sp³-hybridized carbons (Fsp3) is 0.524. The summed E-state index contributed by atoms with van der Waals surface area (Å²) < 4.78 is 5.12. The number of nitrogens with one attached hydrogen (secondary N) is 3. The van der Waals surface area contributed by atoms with Crippen molar-refractivity contribution in [2.24, 2.45) is 5.92 Å². The van der Waals surface area contributed by atoms with Crippen LogP contribution in [0.5, 0.6) is 5.75 Å². The number of hydrogen-bond donors (Lipinski definition) is 3. The van der Waals surface area contributed by atoms with Crippen LogP contribution < -0.4 is 20.7 Å². The Labute approximate surface area is 176 Å². The molecular formula is C21H30N4O5. The molecule has 0 radical (unpaired) electrons. The standard InChI is InChI=1S/C21H30N4O5/c1-14(2)10-12-22-19(28)23-17(26)13-25-18(27)21(3,24-20(25)29)11-9-15-5-7-16(30-4)8-6-15/h5-8,14H,9-13H2,1-4H3,(H,24,29)(H2,22,23,26,28)/t21-/m1/s1. The van der Waals surface area contributed by atoms with Crippen molar-refractivity contribution >= 4 is 23.9 Å². The highest BCUT2D eigenvalue weighted by atomic mass is 16.5. The monoisotopic (exact) mass is 418 g/mol. The summed E-state index contributed by atoms with van der Waals surface area (Å²) in [6.07, 6.45) is 1.71. The molecule has 1 fully saturated rings. The molecular weight excluding hydrogens is 388 g/mol. The first-order chi connectivity index (χ1) is 14.1. The van der Waals surface area contributed by atoms with E-state index in [-0.39, 0.29) is 0 Å². The van der Waals surface area contributed by atoms with Crippen molar-refractivity contribution in [3.63, 3.8) is 0 Å². The number of carbonyl (C=O) groups excluding carboxylic acids is 4. The summed E-state index contributed by atoms with van der Waals surface area (Å²) in [7, 11) is 1.59. The molecule has 2 rings (SSSR count). The van der Waals surface area contributed by atoms with Crippen LogP contribution in [0, 0.1) is 5.92 Å². The van der Waals surface area contributed by atoms with Gasteiger partial charge >= 0.3 is 12.1 Å². The maximum atomic E-state index is 12.8. The molecule has 1 aromatic carbocycles. The molecule has 0 aliphatic carbocycles. The fourth-order valence-electron chi connectivity index (χ4n) is 3.07. The number of amides is 6. The van der Waals surface area contributed by atoms with E-state index in [9.17, 15) is 19.2 Å². The predicted molar refractivity (Wildman–Crippen MR) is 111 cm³/mol. The number of urea groups is 2. The third kappa shape index (κ3) is 6.20. The summed E-state index contributed by atoms with van der Waals surface area (Å²) in [5.74, 6) is -0.0560. The molecule has 9 heteroatoms. The van der Waals surface area contributed by atoms with Crippen molar-refractivity contribution in [3.8, 4) is 5.75 Å². The fourth-order valence-corrected chi connectivity index (χ4v) is 3.07. The highest BCUT2D eigenvalue weighted by molar-refractivity contribution is 6.09. The van der Waals surface area contributed by atoms with Crippen LogP contribution in [0.1, 0.15) is 39.2 Å². The van der Waals surface area contributed by atoms with Gasteiger partial charge in [0.05, 0.1) is 7.11 Å². The van der Waals surface area contributed by atoms with Crippen molar-refractivity contribution < 1.29 is 23.9 Å². The summed E-state index contributed by atoms with van der Waals surface area (Å²) in [5, 5.41) is 7.37. The van der Waals surface area contributed by atoms with Crippen molar-refractivity contribution in [2.45, 2.75) is 45.6 Å². The number of methoxy groups -OCH3 is 1. The SMILES string of the molecule is COc1ccc(CC[C@@]2(C)NC(=O)N(CC(=O)NC(=O)NCCC(C)C)C2=O)cc1. The maximum absolute atomic E-state index is 12.8. The van der Waals surface area contributed by atoms with Gasteiger partial charge in [0.25, 0.3) is 5.91 Å². The number of carbonyl (C=O) groups is 4. The predicted octanol–water partition coefficient (Wildman–Crippen LogP) is 1.81. The zero-order valence-corrected chi connectivity index (χ0v) is 17.9. The van der Waals surface area contributed by atoms with Crippen LogP contribution in [-0.4, -0.2) is 54.5 Å². The molecule has 1 aliphatic heterocycles. The Morgan fingerprint density at radius 3 is 2.47 bits per heavy atom. The van der Waals surface area contributed by atoms with E-state index in [0.29, 0.717) is 25.3 Å². The normalized spacial score (nSPS) is 18.4. The first kappa shape index (κ1) is 23.2. The topological polar surface area (TPSA) is 117 Å². The van der Waals surface area contributed by atoms with Crippen LogP contribution in [0.25, 0.3) is 0 Å². The summed E-state index contributed by atoms with van der Waals surface area (Å²) >= 11 is 0. The van der Waals surface area contributed by atoms with Gasteiger partial charge in [-0.05, 0) is 49.8 Å². The Bertz CT molecular complexity index is 793. The lowest BCUT2D eigenvalue weighted by Gasteiger charge is -2.21. The van der Waals surface area contributed by atoms with Gasteiger partial charge in [0.1, 0.15) is 17.8 Å². The quantitative estimate of drug-likeness (QED) is 0.529. The average molecular weight is 418 g/mol. The Balaban J connectivity index is 1.87. The van der Waals surface area contributed by atoms with E-state index in [4.69, 9.17) is 4.74 Å². The molecule has 0 aromatic heterocycles. The van der Waals surface area contributed by atoms with Gasteiger partial charge in [0.2, 0.25) is 5.91 Å². The molecule has 1 atom stereocenters. The second kappa shape index (κ2) is 10.1. The highest BCUT2D eigenvalue weighted by Gasteiger charge is 2.47. The maximum Gasteiger partial charge on any atom is 0.325 e. The molecule has 3 N–H and O–H groups in total. The van der Waals surface area contributed by atoms with Crippen molar-refractivity contribution in [1.29, 1.82) is 0 Å². The van der Waals surface area contributed by atoms with E-state index in [1.807, 2.05) is 38.1 Å². The third-order valence-corrected chi connectivity index (χ3v) is 4.98. The van der Waals surface area contributed by atoms with Gasteiger partial charge in [-0.15, -0.1) is 0 Å². The van der Waals surface area contributed by atoms with Crippen molar-refractivity contribution in [3.05, 3.63) is 29.8 Å². The Kier molecular flexibility index (Phi) is 7.79. The molecule has 6 amide bonds. The van der Waals surface area contributed by atoms with E-state index in [0.717, 1.165) is 22.6 Å². The average Bonchev–Trinajstić information content (AvgIpc) is 2.90. The lowest BCUT2D eigenvalue weighted by molar-refractivity contribution is -0.134. The minimum Gasteiger partial charge on any atom is -0.497 e. The first-order valence-electron chi connectivity index (χ1n) is 9.99. The molecule has 164 valence electrons. The molecule has 30 heavy (non-hydrogen) atoms. The lowest BCUT2D eigenvalue weighted by atomic mass is 9.93. The third-order valence-electron chi connectivity index (χ3n) is 4.98. The molecule has 1 aliphatic rings. The molecule has 9 nitrogen and oxygen atoms in total. The van der Waals surface area contributed by atoms with E-state index >= 15 is 0 Å². The van der Waals surface area contributed by atoms with E-state index < -0.39 is 36.0 Å². The Hall–Kier alpha value is -3.10. The van der Waals surface area contributed by atoms with Crippen molar-refractivity contribution in [1.82, 2.24) is 20.9 Å². The van der Waals surface area contributed by atoms with Crippen LogP contribution in [0.2, 0.25) is 0 Å². The largest absolute Gasteiger partial charge is 0.497 e. The minimum atomic E-state index is -1.11. The number of imide groups is 2. The van der Waals surface area contributed by atoms with Crippen LogP contribution >= 0.6 is 0 Å². The minimum absolute atomic E-state index is 0.373. The molecule has 0 saturated carbocycles. The van der Waals surface area contributed by atoms with Crippen LogP contribution in [0.4, 0.5) is 9.59 Å². The molecule has 1 saturated heterocycles. The highest BCUT2D eigenvalue weighted by Crippen LogP contribution is 2.24.